The zero-order valence-corrected chi connectivity index (χ0v) is 17.2. The summed E-state index contributed by atoms with van der Waals surface area (Å²) < 4.78 is 13.2. The van der Waals surface area contributed by atoms with Gasteiger partial charge in [0.1, 0.15) is 12.3 Å². The smallest absolute Gasteiger partial charge is 0.325 e. The van der Waals surface area contributed by atoms with Gasteiger partial charge in [-0.25, -0.2) is 0 Å². The maximum atomic E-state index is 12.8. The number of carbonyl (C=O) groups is 2. The van der Waals surface area contributed by atoms with E-state index in [1.165, 1.54) is 18.4 Å². The molecule has 0 N–H and O–H groups in total. The third-order valence-electron chi connectivity index (χ3n) is 4.00. The molecule has 0 aliphatic heterocycles. The van der Waals surface area contributed by atoms with Gasteiger partial charge in [0.15, 0.2) is 10.4 Å². The molecule has 3 aromatic rings. The van der Waals surface area contributed by atoms with E-state index in [0.717, 1.165) is 10.2 Å². The van der Waals surface area contributed by atoms with E-state index in [2.05, 4.69) is 4.99 Å². The second-order valence-electron chi connectivity index (χ2n) is 6.50. The van der Waals surface area contributed by atoms with Gasteiger partial charge in [-0.3, -0.25) is 9.59 Å². The van der Waals surface area contributed by atoms with E-state index in [1.54, 1.807) is 42.7 Å². The average molecular weight is 419 g/mol. The molecule has 0 saturated heterocycles. The van der Waals surface area contributed by atoms with Crippen molar-refractivity contribution >= 4 is 45.0 Å². The lowest BCUT2D eigenvalue weighted by molar-refractivity contribution is -0.141. The molecule has 0 atom stereocenters. The molecule has 8 heteroatoms. The van der Waals surface area contributed by atoms with Crippen LogP contribution >= 0.6 is 22.9 Å². The molecule has 1 aromatic heterocycles. The highest BCUT2D eigenvalue weighted by Crippen LogP contribution is 2.22. The number of nitrogens with zero attached hydrogens (tertiary/aromatic N) is 2. The molecule has 0 aliphatic carbocycles. The molecule has 2 aromatic carbocycles. The summed E-state index contributed by atoms with van der Waals surface area (Å²) in [4.78, 5) is 29.3. The lowest BCUT2D eigenvalue weighted by atomic mass is 10.1. The van der Waals surface area contributed by atoms with Gasteiger partial charge >= 0.3 is 5.97 Å². The van der Waals surface area contributed by atoms with Crippen molar-refractivity contribution in [3.8, 4) is 5.75 Å². The minimum atomic E-state index is -1.20. The lowest BCUT2D eigenvalue weighted by Crippen LogP contribution is -2.38. The number of thiazole rings is 1. The minimum absolute atomic E-state index is 0.0366. The van der Waals surface area contributed by atoms with Crippen LogP contribution in [-0.4, -0.2) is 29.2 Å². The van der Waals surface area contributed by atoms with Crippen molar-refractivity contribution < 1.29 is 19.1 Å². The normalized spacial score (nSPS) is 12.2. The Balaban J connectivity index is 1.98. The van der Waals surface area contributed by atoms with Crippen LogP contribution in [0.4, 0.5) is 0 Å². The highest BCUT2D eigenvalue weighted by Gasteiger charge is 2.30. The van der Waals surface area contributed by atoms with Gasteiger partial charge in [0, 0.05) is 5.02 Å². The number of fused-ring (bicyclic) bond motifs is 1. The Hall–Kier alpha value is -2.64. The molecule has 0 radical (unpaired) electrons. The van der Waals surface area contributed by atoms with Crippen LogP contribution in [-0.2, 0) is 20.9 Å². The first-order valence-electron chi connectivity index (χ1n) is 8.49. The molecule has 0 bridgehead atoms. The first kappa shape index (κ1) is 20.1. The monoisotopic (exact) mass is 418 g/mol. The van der Waals surface area contributed by atoms with Gasteiger partial charge in [-0.15, -0.1) is 0 Å². The molecule has 0 aliphatic rings. The number of esters is 1. The second-order valence-corrected chi connectivity index (χ2v) is 7.94. The molecule has 0 spiro atoms. The molecule has 3 rings (SSSR count). The van der Waals surface area contributed by atoms with Gasteiger partial charge < -0.3 is 14.0 Å². The fourth-order valence-corrected chi connectivity index (χ4v) is 3.67. The highest BCUT2D eigenvalue weighted by atomic mass is 35.5. The number of ether oxygens (including phenoxy) is 2. The van der Waals surface area contributed by atoms with Crippen LogP contribution in [0.1, 0.15) is 13.8 Å². The Morgan fingerprint density at radius 3 is 2.50 bits per heavy atom. The van der Waals surface area contributed by atoms with Crippen molar-refractivity contribution in [2.24, 2.45) is 4.99 Å². The Morgan fingerprint density at radius 2 is 1.82 bits per heavy atom. The summed E-state index contributed by atoms with van der Waals surface area (Å²) in [6.45, 7) is 3.25. The van der Waals surface area contributed by atoms with Gasteiger partial charge in [-0.2, -0.15) is 4.99 Å². The van der Waals surface area contributed by atoms with E-state index >= 15 is 0 Å². The molecule has 146 valence electrons. The van der Waals surface area contributed by atoms with E-state index in [9.17, 15) is 9.59 Å². The van der Waals surface area contributed by atoms with Crippen molar-refractivity contribution in [1.82, 2.24) is 4.57 Å². The van der Waals surface area contributed by atoms with Crippen molar-refractivity contribution in [2.75, 3.05) is 7.11 Å². The van der Waals surface area contributed by atoms with Gasteiger partial charge in [0.05, 0.1) is 17.3 Å². The number of hydrogen-bond acceptors (Lipinski definition) is 5. The second kappa shape index (κ2) is 8.16. The van der Waals surface area contributed by atoms with Crippen molar-refractivity contribution in [3.63, 3.8) is 0 Å². The van der Waals surface area contributed by atoms with E-state index in [4.69, 9.17) is 21.1 Å². The number of amides is 1. The van der Waals surface area contributed by atoms with Crippen molar-refractivity contribution in [1.29, 1.82) is 0 Å². The van der Waals surface area contributed by atoms with Crippen LogP contribution in [0.5, 0.6) is 5.75 Å². The quantitative estimate of drug-likeness (QED) is 0.591. The number of benzene rings is 2. The number of methoxy groups -OCH3 is 1. The molecule has 6 nitrogen and oxygen atoms in total. The predicted molar refractivity (Wildman–Crippen MR) is 109 cm³/mol. The lowest BCUT2D eigenvalue weighted by Gasteiger charge is -2.22. The van der Waals surface area contributed by atoms with Crippen LogP contribution in [0, 0.1) is 0 Å². The van der Waals surface area contributed by atoms with Gasteiger partial charge in [-0.1, -0.05) is 35.1 Å². The number of aromatic nitrogens is 1. The van der Waals surface area contributed by atoms with E-state index in [1.807, 2.05) is 24.3 Å². The highest BCUT2D eigenvalue weighted by molar-refractivity contribution is 7.16. The summed E-state index contributed by atoms with van der Waals surface area (Å²) in [7, 11) is 1.32. The Bertz CT molecular complexity index is 1080. The SMILES string of the molecule is COC(=O)Cn1c(=NC(=O)C(C)(C)Oc2ccc(Cl)cc2)sc2ccccc21. The van der Waals surface area contributed by atoms with E-state index < -0.39 is 17.5 Å². The minimum Gasteiger partial charge on any atom is -0.478 e. The number of halogens is 1. The number of carbonyl (C=O) groups excluding carboxylic acids is 2. The molecule has 0 fully saturated rings. The topological polar surface area (TPSA) is 69.9 Å². The van der Waals surface area contributed by atoms with E-state index in [-0.39, 0.29) is 6.54 Å². The molecule has 0 saturated carbocycles. The van der Waals surface area contributed by atoms with E-state index in [0.29, 0.717) is 15.6 Å². The summed E-state index contributed by atoms with van der Waals surface area (Å²) >= 11 is 7.21. The van der Waals surface area contributed by atoms with Crippen LogP contribution in [0.15, 0.2) is 53.5 Å². The summed E-state index contributed by atoms with van der Waals surface area (Å²) in [5.41, 5.74) is -0.395. The molecule has 0 unspecified atom stereocenters. The Morgan fingerprint density at radius 1 is 1.14 bits per heavy atom. The number of rotatable bonds is 5. The van der Waals surface area contributed by atoms with Crippen molar-refractivity contribution in [3.05, 3.63) is 58.4 Å². The summed E-state index contributed by atoms with van der Waals surface area (Å²) in [5.74, 6) is -0.376. The predicted octanol–water partition coefficient (Wildman–Crippen LogP) is 3.81. The summed E-state index contributed by atoms with van der Waals surface area (Å²) in [5, 5.41) is 0.579. The Kier molecular flexibility index (Phi) is 5.86. The third kappa shape index (κ3) is 4.43. The van der Waals surface area contributed by atoms with Gasteiger partial charge in [0.2, 0.25) is 0 Å². The number of para-hydroxylation sites is 1. The van der Waals surface area contributed by atoms with Crippen molar-refractivity contribution in [2.45, 2.75) is 26.0 Å². The average Bonchev–Trinajstić information content (AvgIpc) is 3.00. The standard InChI is InChI=1S/C20H19ClN2O4S/c1-20(2,27-14-10-8-13(21)9-11-14)18(25)22-19-23(12-17(24)26-3)15-6-4-5-7-16(15)28-19/h4-11H,12H2,1-3H3. The molecular weight excluding hydrogens is 400 g/mol. The van der Waals surface area contributed by atoms with Crippen LogP contribution in [0.3, 0.4) is 0 Å². The van der Waals surface area contributed by atoms with Gasteiger partial charge in [-0.05, 0) is 50.2 Å². The first-order chi connectivity index (χ1) is 13.3. The maximum Gasteiger partial charge on any atom is 0.325 e. The molecule has 28 heavy (non-hydrogen) atoms. The fourth-order valence-electron chi connectivity index (χ4n) is 2.51. The van der Waals surface area contributed by atoms with Crippen LogP contribution < -0.4 is 9.54 Å². The zero-order valence-electron chi connectivity index (χ0n) is 15.6. The molecule has 1 amide bonds. The molecule has 1 heterocycles. The number of hydrogen-bond donors (Lipinski definition) is 0. The fraction of sp³-hybridized carbons (Fsp3) is 0.250. The largest absolute Gasteiger partial charge is 0.478 e. The third-order valence-corrected chi connectivity index (χ3v) is 5.31. The molecular formula is C20H19ClN2O4S. The maximum absolute atomic E-state index is 12.8. The Labute approximate surface area is 171 Å². The zero-order chi connectivity index (χ0) is 20.3. The van der Waals surface area contributed by atoms with Crippen LogP contribution in [0.25, 0.3) is 10.2 Å². The first-order valence-corrected chi connectivity index (χ1v) is 9.68. The summed E-state index contributed by atoms with van der Waals surface area (Å²) in [6.07, 6.45) is 0. The van der Waals surface area contributed by atoms with Gasteiger partial charge in [0.25, 0.3) is 5.91 Å². The van der Waals surface area contributed by atoms with Crippen LogP contribution in [0.2, 0.25) is 5.02 Å². The summed E-state index contributed by atoms with van der Waals surface area (Å²) in [6, 6.07) is 14.3.